The Morgan fingerprint density at radius 2 is 2.12 bits per heavy atom. The molecule has 2 aromatic heterocycles. The molecular formula is C18H21F3N4O. The van der Waals surface area contributed by atoms with Crippen molar-refractivity contribution >= 4 is 5.82 Å². The zero-order chi connectivity index (χ0) is 18.7. The fourth-order valence-corrected chi connectivity index (χ4v) is 3.27. The van der Waals surface area contributed by atoms with Gasteiger partial charge in [0.2, 0.25) is 0 Å². The topological polar surface area (TPSA) is 70.7 Å². The van der Waals surface area contributed by atoms with E-state index in [-0.39, 0.29) is 24.4 Å². The van der Waals surface area contributed by atoms with Gasteiger partial charge in [0.05, 0.1) is 5.92 Å². The van der Waals surface area contributed by atoms with Crippen LogP contribution >= 0.6 is 0 Å². The first-order chi connectivity index (χ1) is 12.3. The lowest BCUT2D eigenvalue weighted by atomic mass is 9.85. The van der Waals surface area contributed by atoms with Crippen LogP contribution < -0.4 is 10.9 Å². The second-order valence-electron chi connectivity index (χ2n) is 6.62. The molecule has 0 radical (unpaired) electrons. The summed E-state index contributed by atoms with van der Waals surface area (Å²) in [4.78, 5) is 23.0. The van der Waals surface area contributed by atoms with Gasteiger partial charge < -0.3 is 10.3 Å². The predicted octanol–water partition coefficient (Wildman–Crippen LogP) is 3.93. The largest absolute Gasteiger partial charge is 0.391 e. The lowest BCUT2D eigenvalue weighted by Gasteiger charge is -2.31. The van der Waals surface area contributed by atoms with Gasteiger partial charge in [0.15, 0.2) is 0 Å². The molecule has 0 spiro atoms. The van der Waals surface area contributed by atoms with Crippen LogP contribution in [0.25, 0.3) is 11.4 Å². The summed E-state index contributed by atoms with van der Waals surface area (Å²) in [6.45, 7) is 1.91. The standard InChI is InChI=1S/C18H21F3N4O/c1-2-13-9-16(26)25-17(24-13)11-6-7-15(22-10-11)23-14-5-3-4-12(8-14)18(19,20)21/h6-7,9-10,12,14H,2-5,8H2,1H3,(H,22,23)(H,24,25,26). The van der Waals surface area contributed by atoms with Crippen LogP contribution in [0.1, 0.15) is 38.3 Å². The number of aryl methyl sites for hydroxylation is 1. The highest BCUT2D eigenvalue weighted by Crippen LogP contribution is 2.38. The van der Waals surface area contributed by atoms with E-state index in [1.165, 1.54) is 6.07 Å². The van der Waals surface area contributed by atoms with Crippen LogP contribution in [0.5, 0.6) is 0 Å². The van der Waals surface area contributed by atoms with Crippen LogP contribution in [0.3, 0.4) is 0 Å². The predicted molar refractivity (Wildman–Crippen MR) is 92.9 cm³/mol. The van der Waals surface area contributed by atoms with Gasteiger partial charge in [-0.05, 0) is 37.8 Å². The molecule has 140 valence electrons. The summed E-state index contributed by atoms with van der Waals surface area (Å²) in [6.07, 6.45) is -0.421. The molecular weight excluding hydrogens is 345 g/mol. The third-order valence-corrected chi connectivity index (χ3v) is 4.68. The zero-order valence-corrected chi connectivity index (χ0v) is 14.4. The van der Waals surface area contributed by atoms with Crippen molar-refractivity contribution in [1.82, 2.24) is 15.0 Å². The van der Waals surface area contributed by atoms with Gasteiger partial charge in [0.1, 0.15) is 11.6 Å². The molecule has 2 unspecified atom stereocenters. The molecule has 2 aromatic rings. The molecule has 1 aliphatic rings. The Balaban J connectivity index is 1.70. The first-order valence-electron chi connectivity index (χ1n) is 8.75. The number of hydrogen-bond acceptors (Lipinski definition) is 4. The Bertz CT molecular complexity index is 801. The number of nitrogens with one attached hydrogen (secondary N) is 2. The summed E-state index contributed by atoms with van der Waals surface area (Å²) >= 11 is 0. The van der Waals surface area contributed by atoms with E-state index < -0.39 is 12.1 Å². The molecule has 0 aromatic carbocycles. The lowest BCUT2D eigenvalue weighted by molar-refractivity contribution is -0.182. The van der Waals surface area contributed by atoms with Gasteiger partial charge in [-0.25, -0.2) is 9.97 Å². The highest BCUT2D eigenvalue weighted by Gasteiger charge is 2.42. The van der Waals surface area contributed by atoms with Crippen LogP contribution in [0.2, 0.25) is 0 Å². The van der Waals surface area contributed by atoms with Gasteiger partial charge >= 0.3 is 6.18 Å². The van der Waals surface area contributed by atoms with Crippen LogP contribution in [0.4, 0.5) is 19.0 Å². The van der Waals surface area contributed by atoms with Crippen LogP contribution in [0, 0.1) is 5.92 Å². The highest BCUT2D eigenvalue weighted by atomic mass is 19.4. The molecule has 0 aliphatic heterocycles. The molecule has 0 bridgehead atoms. The molecule has 26 heavy (non-hydrogen) atoms. The molecule has 2 atom stereocenters. The third kappa shape index (κ3) is 4.42. The van der Waals surface area contributed by atoms with Gasteiger partial charge in [-0.3, -0.25) is 4.79 Å². The van der Waals surface area contributed by atoms with E-state index in [1.807, 2.05) is 6.92 Å². The maximum Gasteiger partial charge on any atom is 0.391 e. The number of anilines is 1. The zero-order valence-electron chi connectivity index (χ0n) is 14.4. The van der Waals surface area contributed by atoms with Crippen molar-refractivity contribution in [2.45, 2.75) is 51.2 Å². The molecule has 1 aliphatic carbocycles. The van der Waals surface area contributed by atoms with Crippen molar-refractivity contribution in [2.24, 2.45) is 5.92 Å². The van der Waals surface area contributed by atoms with E-state index in [4.69, 9.17) is 0 Å². The monoisotopic (exact) mass is 366 g/mol. The van der Waals surface area contributed by atoms with E-state index in [2.05, 4.69) is 20.3 Å². The Morgan fingerprint density at radius 3 is 2.77 bits per heavy atom. The summed E-state index contributed by atoms with van der Waals surface area (Å²) in [5.74, 6) is -0.294. The maximum atomic E-state index is 12.9. The van der Waals surface area contributed by atoms with Gasteiger partial charge in [-0.1, -0.05) is 13.3 Å². The average Bonchev–Trinajstić information content (AvgIpc) is 2.61. The van der Waals surface area contributed by atoms with Crippen molar-refractivity contribution in [3.63, 3.8) is 0 Å². The first-order valence-corrected chi connectivity index (χ1v) is 8.75. The number of pyridine rings is 1. The number of rotatable bonds is 4. The normalized spacial score (nSPS) is 20.8. The minimum Gasteiger partial charge on any atom is -0.367 e. The fraction of sp³-hybridized carbons (Fsp3) is 0.500. The highest BCUT2D eigenvalue weighted by molar-refractivity contribution is 5.56. The number of hydrogen-bond donors (Lipinski definition) is 2. The molecule has 2 N–H and O–H groups in total. The third-order valence-electron chi connectivity index (χ3n) is 4.68. The quantitative estimate of drug-likeness (QED) is 0.860. The van der Waals surface area contributed by atoms with E-state index in [0.29, 0.717) is 42.2 Å². The molecule has 3 rings (SSSR count). The maximum absolute atomic E-state index is 12.9. The number of aromatic amines is 1. The number of nitrogens with zero attached hydrogens (tertiary/aromatic N) is 2. The van der Waals surface area contributed by atoms with E-state index >= 15 is 0 Å². The Kier molecular flexibility index (Phi) is 5.29. The van der Waals surface area contributed by atoms with E-state index in [9.17, 15) is 18.0 Å². The SMILES string of the molecule is CCc1cc(=O)[nH]c(-c2ccc(NC3CCCC(C(F)(F)F)C3)nc2)n1. The summed E-state index contributed by atoms with van der Waals surface area (Å²) in [5.41, 5.74) is 1.11. The Hall–Kier alpha value is -2.38. The van der Waals surface area contributed by atoms with E-state index in [1.54, 1.807) is 18.3 Å². The minimum atomic E-state index is -4.14. The molecule has 0 amide bonds. The van der Waals surface area contributed by atoms with Gasteiger partial charge in [-0.15, -0.1) is 0 Å². The van der Waals surface area contributed by atoms with Gasteiger partial charge in [0, 0.05) is 29.6 Å². The van der Waals surface area contributed by atoms with Crippen molar-refractivity contribution in [1.29, 1.82) is 0 Å². The molecule has 1 saturated carbocycles. The number of H-pyrrole nitrogens is 1. The number of halogens is 3. The van der Waals surface area contributed by atoms with Crippen molar-refractivity contribution in [3.05, 3.63) is 40.4 Å². The van der Waals surface area contributed by atoms with Crippen LogP contribution in [-0.4, -0.2) is 27.2 Å². The van der Waals surface area contributed by atoms with Crippen LogP contribution in [-0.2, 0) is 6.42 Å². The second-order valence-corrected chi connectivity index (χ2v) is 6.62. The Morgan fingerprint density at radius 1 is 1.31 bits per heavy atom. The average molecular weight is 366 g/mol. The van der Waals surface area contributed by atoms with Crippen molar-refractivity contribution in [2.75, 3.05) is 5.32 Å². The molecule has 5 nitrogen and oxygen atoms in total. The van der Waals surface area contributed by atoms with Crippen LogP contribution in [0.15, 0.2) is 29.2 Å². The molecule has 2 heterocycles. The van der Waals surface area contributed by atoms with Gasteiger partial charge in [0.25, 0.3) is 5.56 Å². The Labute approximate surface area is 149 Å². The molecule has 8 heteroatoms. The van der Waals surface area contributed by atoms with E-state index in [0.717, 1.165) is 0 Å². The minimum absolute atomic E-state index is 0.0698. The summed E-state index contributed by atoms with van der Waals surface area (Å²) in [5, 5.41) is 3.09. The number of alkyl halides is 3. The summed E-state index contributed by atoms with van der Waals surface area (Å²) < 4.78 is 38.7. The smallest absolute Gasteiger partial charge is 0.367 e. The van der Waals surface area contributed by atoms with Crippen molar-refractivity contribution < 1.29 is 13.2 Å². The second kappa shape index (κ2) is 7.47. The molecule has 1 fully saturated rings. The van der Waals surface area contributed by atoms with Crippen molar-refractivity contribution in [3.8, 4) is 11.4 Å². The lowest BCUT2D eigenvalue weighted by Crippen LogP contribution is -2.34. The molecule has 0 saturated heterocycles. The summed E-state index contributed by atoms with van der Waals surface area (Å²) in [7, 11) is 0. The first kappa shape index (κ1) is 18.4. The summed E-state index contributed by atoms with van der Waals surface area (Å²) in [6, 6.07) is 4.66. The number of aromatic nitrogens is 3. The fourth-order valence-electron chi connectivity index (χ4n) is 3.27. The van der Waals surface area contributed by atoms with Gasteiger partial charge in [-0.2, -0.15) is 13.2 Å².